The van der Waals surface area contributed by atoms with E-state index in [4.69, 9.17) is 11.6 Å². The second-order valence-corrected chi connectivity index (χ2v) is 7.72. The highest BCUT2D eigenvalue weighted by Gasteiger charge is 2.16. The molecule has 0 spiro atoms. The Morgan fingerprint density at radius 1 is 0.969 bits per heavy atom. The molecular formula is C21H28Cl3N5O3. The number of amides is 2. The molecule has 1 saturated heterocycles. The number of benzene rings is 2. The van der Waals surface area contributed by atoms with E-state index in [-0.39, 0.29) is 36.5 Å². The van der Waals surface area contributed by atoms with Gasteiger partial charge < -0.3 is 15.5 Å². The summed E-state index contributed by atoms with van der Waals surface area (Å²) in [5, 5.41) is 16.9. The van der Waals surface area contributed by atoms with Gasteiger partial charge in [0.2, 0.25) is 0 Å². The van der Waals surface area contributed by atoms with Crippen molar-refractivity contribution in [2.75, 3.05) is 44.6 Å². The van der Waals surface area contributed by atoms with Crippen LogP contribution >= 0.6 is 36.4 Å². The van der Waals surface area contributed by atoms with Crippen molar-refractivity contribution in [1.82, 2.24) is 15.1 Å². The van der Waals surface area contributed by atoms with Crippen molar-refractivity contribution in [1.29, 1.82) is 0 Å². The van der Waals surface area contributed by atoms with E-state index in [0.717, 1.165) is 50.7 Å². The molecule has 0 unspecified atom stereocenters. The minimum absolute atomic E-state index is 0. The van der Waals surface area contributed by atoms with E-state index in [1.165, 1.54) is 29.8 Å². The van der Waals surface area contributed by atoms with E-state index in [1.807, 2.05) is 12.1 Å². The standard InChI is InChI=1S/C21H26ClN5O3.2ClH/c22-18-4-2-17(3-5-18)16-26-14-12-25(13-15-26)11-1-10-23-21(28)24-19-6-8-20(9-7-19)27(29)30;;/h2-9H,1,10-16H2,(H2,23,24,28);2*1H. The number of piperazine rings is 1. The molecule has 2 N–H and O–H groups in total. The Kier molecular flexibility index (Phi) is 12.3. The van der Waals surface area contributed by atoms with Gasteiger partial charge in [0.25, 0.3) is 5.69 Å². The van der Waals surface area contributed by atoms with E-state index >= 15 is 0 Å². The number of anilines is 1. The zero-order valence-electron chi connectivity index (χ0n) is 17.5. The summed E-state index contributed by atoms with van der Waals surface area (Å²) < 4.78 is 0. The molecule has 1 heterocycles. The number of halogens is 3. The summed E-state index contributed by atoms with van der Waals surface area (Å²) in [5.74, 6) is 0. The second kappa shape index (κ2) is 14.1. The van der Waals surface area contributed by atoms with Gasteiger partial charge in [0.1, 0.15) is 0 Å². The van der Waals surface area contributed by atoms with Crippen LogP contribution in [0.2, 0.25) is 5.02 Å². The van der Waals surface area contributed by atoms with Crippen LogP contribution in [0.1, 0.15) is 12.0 Å². The summed E-state index contributed by atoms with van der Waals surface area (Å²) in [6.45, 7) is 6.53. The second-order valence-electron chi connectivity index (χ2n) is 7.28. The van der Waals surface area contributed by atoms with Gasteiger partial charge in [-0.1, -0.05) is 23.7 Å². The van der Waals surface area contributed by atoms with Crippen molar-refractivity contribution >= 4 is 53.8 Å². The Labute approximate surface area is 205 Å². The lowest BCUT2D eigenvalue weighted by molar-refractivity contribution is -0.384. The fraction of sp³-hybridized carbons (Fsp3) is 0.381. The van der Waals surface area contributed by atoms with Gasteiger partial charge in [0.15, 0.2) is 0 Å². The van der Waals surface area contributed by atoms with Gasteiger partial charge in [0, 0.05) is 62.1 Å². The molecule has 0 bridgehead atoms. The average Bonchev–Trinajstić information content (AvgIpc) is 2.74. The minimum atomic E-state index is -0.471. The quantitative estimate of drug-likeness (QED) is 0.315. The van der Waals surface area contributed by atoms with E-state index in [9.17, 15) is 14.9 Å². The van der Waals surface area contributed by atoms with E-state index in [2.05, 4.69) is 32.6 Å². The summed E-state index contributed by atoms with van der Waals surface area (Å²) in [6, 6.07) is 13.4. The first-order valence-electron chi connectivity index (χ1n) is 9.98. The predicted molar refractivity (Wildman–Crippen MR) is 132 cm³/mol. The number of non-ortho nitro benzene ring substituents is 1. The summed E-state index contributed by atoms with van der Waals surface area (Å²) in [6.07, 6.45) is 0.866. The molecule has 0 radical (unpaired) electrons. The third kappa shape index (κ3) is 9.18. The maximum atomic E-state index is 11.9. The number of nitro benzene ring substituents is 1. The first-order chi connectivity index (χ1) is 14.5. The van der Waals surface area contributed by atoms with Crippen LogP contribution in [0.15, 0.2) is 48.5 Å². The fourth-order valence-electron chi connectivity index (χ4n) is 3.37. The zero-order chi connectivity index (χ0) is 21.3. The molecule has 0 aliphatic carbocycles. The average molecular weight is 505 g/mol. The predicted octanol–water partition coefficient (Wildman–Crippen LogP) is 4.42. The van der Waals surface area contributed by atoms with Crippen LogP contribution in [0, 0.1) is 10.1 Å². The Morgan fingerprint density at radius 2 is 1.56 bits per heavy atom. The van der Waals surface area contributed by atoms with Crippen molar-refractivity contribution in [2.45, 2.75) is 13.0 Å². The molecule has 32 heavy (non-hydrogen) atoms. The molecule has 2 aromatic rings. The largest absolute Gasteiger partial charge is 0.338 e. The summed E-state index contributed by atoms with van der Waals surface area (Å²) in [7, 11) is 0. The van der Waals surface area contributed by atoms with Crippen LogP contribution in [-0.4, -0.2) is 60.0 Å². The maximum absolute atomic E-state index is 11.9. The molecule has 1 aliphatic rings. The Bertz CT molecular complexity index is 845. The number of hydrogen-bond acceptors (Lipinski definition) is 5. The Hall–Kier alpha value is -2.10. The van der Waals surface area contributed by atoms with E-state index in [1.54, 1.807) is 0 Å². The number of carbonyl (C=O) groups is 1. The highest BCUT2D eigenvalue weighted by Crippen LogP contribution is 2.15. The van der Waals surface area contributed by atoms with E-state index < -0.39 is 4.92 Å². The molecule has 3 rings (SSSR count). The van der Waals surface area contributed by atoms with Crippen molar-refractivity contribution in [3.8, 4) is 0 Å². The maximum Gasteiger partial charge on any atom is 0.319 e. The van der Waals surface area contributed by atoms with Gasteiger partial charge in [-0.05, 0) is 42.8 Å². The van der Waals surface area contributed by atoms with Crippen molar-refractivity contribution in [3.05, 3.63) is 69.2 Å². The third-order valence-electron chi connectivity index (χ3n) is 5.06. The number of hydrogen-bond donors (Lipinski definition) is 2. The highest BCUT2D eigenvalue weighted by molar-refractivity contribution is 6.30. The van der Waals surface area contributed by atoms with Crippen molar-refractivity contribution in [3.63, 3.8) is 0 Å². The molecule has 0 aromatic heterocycles. The molecule has 11 heteroatoms. The number of nitro groups is 1. The molecule has 176 valence electrons. The lowest BCUT2D eigenvalue weighted by atomic mass is 10.2. The number of nitrogens with zero attached hydrogens (tertiary/aromatic N) is 3. The summed E-state index contributed by atoms with van der Waals surface area (Å²) >= 11 is 5.94. The molecular weight excluding hydrogens is 477 g/mol. The lowest BCUT2D eigenvalue weighted by Crippen LogP contribution is -2.46. The molecule has 0 atom stereocenters. The number of rotatable bonds is 8. The van der Waals surface area contributed by atoms with Crippen LogP contribution in [-0.2, 0) is 6.54 Å². The third-order valence-corrected chi connectivity index (χ3v) is 5.31. The number of carbonyl (C=O) groups excluding carboxylic acids is 1. The molecule has 2 amide bonds. The van der Waals surface area contributed by atoms with Crippen molar-refractivity contribution in [2.24, 2.45) is 0 Å². The first-order valence-corrected chi connectivity index (χ1v) is 10.4. The lowest BCUT2D eigenvalue weighted by Gasteiger charge is -2.34. The monoisotopic (exact) mass is 503 g/mol. The van der Waals surface area contributed by atoms with Crippen LogP contribution in [0.3, 0.4) is 0 Å². The van der Waals surface area contributed by atoms with Gasteiger partial charge in [-0.3, -0.25) is 15.0 Å². The highest BCUT2D eigenvalue weighted by atomic mass is 35.5. The van der Waals surface area contributed by atoms with Gasteiger partial charge in [-0.25, -0.2) is 4.79 Å². The van der Waals surface area contributed by atoms with Crippen LogP contribution in [0.4, 0.5) is 16.2 Å². The van der Waals surface area contributed by atoms with Crippen molar-refractivity contribution < 1.29 is 9.72 Å². The van der Waals surface area contributed by atoms with E-state index in [0.29, 0.717) is 12.2 Å². The van der Waals surface area contributed by atoms with Gasteiger partial charge >= 0.3 is 6.03 Å². The Balaban J connectivity index is 0.00000256. The smallest absolute Gasteiger partial charge is 0.319 e. The summed E-state index contributed by atoms with van der Waals surface area (Å²) in [4.78, 5) is 27.0. The van der Waals surface area contributed by atoms with Crippen LogP contribution < -0.4 is 10.6 Å². The molecule has 1 aliphatic heterocycles. The first kappa shape index (κ1) is 27.9. The fourth-order valence-corrected chi connectivity index (χ4v) is 3.49. The zero-order valence-corrected chi connectivity index (χ0v) is 19.9. The molecule has 8 nitrogen and oxygen atoms in total. The minimum Gasteiger partial charge on any atom is -0.338 e. The number of nitrogens with one attached hydrogen (secondary N) is 2. The number of urea groups is 1. The van der Waals surface area contributed by atoms with Crippen LogP contribution in [0.25, 0.3) is 0 Å². The Morgan fingerprint density at radius 3 is 2.16 bits per heavy atom. The SMILES string of the molecule is Cl.Cl.O=C(NCCCN1CCN(Cc2ccc(Cl)cc2)CC1)Nc1ccc([N+](=O)[O-])cc1. The van der Waals surface area contributed by atoms with Gasteiger partial charge in [-0.2, -0.15) is 0 Å². The van der Waals surface area contributed by atoms with Gasteiger partial charge in [0.05, 0.1) is 4.92 Å². The summed E-state index contributed by atoms with van der Waals surface area (Å²) in [5.41, 5.74) is 1.79. The molecule has 1 fully saturated rings. The van der Waals surface area contributed by atoms with Crippen LogP contribution in [0.5, 0.6) is 0 Å². The normalized spacial score (nSPS) is 14.0. The molecule has 0 saturated carbocycles. The van der Waals surface area contributed by atoms with Gasteiger partial charge in [-0.15, -0.1) is 24.8 Å². The molecule has 2 aromatic carbocycles. The topological polar surface area (TPSA) is 90.8 Å².